The molecule has 1 unspecified atom stereocenters. The summed E-state index contributed by atoms with van der Waals surface area (Å²) < 4.78 is 21.4. The maximum atomic E-state index is 12.4. The van der Waals surface area contributed by atoms with E-state index in [0.29, 0.717) is 34.5 Å². The lowest BCUT2D eigenvalue weighted by molar-refractivity contribution is -0.116. The topological polar surface area (TPSA) is 94.9 Å². The summed E-state index contributed by atoms with van der Waals surface area (Å²) >= 11 is 0. The molecule has 0 spiro atoms. The molecule has 0 aliphatic rings. The Balaban J connectivity index is 1.70. The van der Waals surface area contributed by atoms with E-state index in [-0.39, 0.29) is 5.91 Å². The Morgan fingerprint density at radius 3 is 2.34 bits per heavy atom. The van der Waals surface area contributed by atoms with Gasteiger partial charge in [0.05, 0.1) is 14.2 Å². The molecule has 0 radical (unpaired) electrons. The van der Waals surface area contributed by atoms with Crippen LogP contribution in [0.15, 0.2) is 53.1 Å². The lowest BCUT2D eigenvalue weighted by Crippen LogP contribution is -2.31. The Morgan fingerprint density at radius 1 is 1.00 bits per heavy atom. The van der Waals surface area contributed by atoms with E-state index < -0.39 is 6.04 Å². The summed E-state index contributed by atoms with van der Waals surface area (Å²) in [5, 5.41) is 9.60. The van der Waals surface area contributed by atoms with Crippen LogP contribution in [0.5, 0.6) is 23.0 Å². The number of methoxy groups -OCH3 is 2. The summed E-state index contributed by atoms with van der Waals surface area (Å²) in [4.78, 5) is 12.4. The van der Waals surface area contributed by atoms with Crippen molar-refractivity contribution in [1.82, 2.24) is 5.16 Å². The molecule has 2 aromatic carbocycles. The summed E-state index contributed by atoms with van der Waals surface area (Å²) in [6, 6.07) is 13.7. The van der Waals surface area contributed by atoms with Gasteiger partial charge in [-0.3, -0.25) is 4.79 Å². The van der Waals surface area contributed by atoms with E-state index in [4.69, 9.17) is 18.7 Å². The zero-order valence-electron chi connectivity index (χ0n) is 16.7. The number of amides is 1. The third kappa shape index (κ3) is 5.19. The number of nitrogens with one attached hydrogen (secondary N) is 2. The number of ether oxygens (including phenoxy) is 3. The van der Waals surface area contributed by atoms with Crippen molar-refractivity contribution < 1.29 is 23.5 Å². The van der Waals surface area contributed by atoms with Crippen LogP contribution in [0.25, 0.3) is 0 Å². The summed E-state index contributed by atoms with van der Waals surface area (Å²) in [5.74, 6) is 3.21. The molecule has 0 fully saturated rings. The van der Waals surface area contributed by atoms with E-state index in [0.717, 1.165) is 5.75 Å². The molecular formula is C21H23N3O5. The number of aryl methyl sites for hydroxylation is 1. The van der Waals surface area contributed by atoms with Crippen LogP contribution in [-0.2, 0) is 4.79 Å². The van der Waals surface area contributed by atoms with Crippen LogP contribution >= 0.6 is 0 Å². The zero-order chi connectivity index (χ0) is 20.8. The molecule has 8 nitrogen and oxygen atoms in total. The number of hydrogen-bond donors (Lipinski definition) is 2. The van der Waals surface area contributed by atoms with Crippen LogP contribution < -0.4 is 24.8 Å². The molecule has 0 saturated carbocycles. The molecule has 0 bridgehead atoms. The minimum atomic E-state index is -0.519. The van der Waals surface area contributed by atoms with Crippen molar-refractivity contribution in [2.75, 3.05) is 24.9 Å². The van der Waals surface area contributed by atoms with Crippen molar-refractivity contribution in [2.24, 2.45) is 0 Å². The van der Waals surface area contributed by atoms with Gasteiger partial charge < -0.3 is 29.4 Å². The van der Waals surface area contributed by atoms with Crippen LogP contribution in [0, 0.1) is 6.92 Å². The van der Waals surface area contributed by atoms with Crippen molar-refractivity contribution in [3.63, 3.8) is 0 Å². The third-order valence-electron chi connectivity index (χ3n) is 4.11. The molecule has 0 aliphatic carbocycles. The second-order valence-corrected chi connectivity index (χ2v) is 6.32. The molecule has 3 rings (SSSR count). The molecule has 1 atom stereocenters. The predicted octanol–water partition coefficient (Wildman–Crippen LogP) is 4.23. The smallest absolute Gasteiger partial charge is 0.247 e. The quantitative estimate of drug-likeness (QED) is 0.587. The van der Waals surface area contributed by atoms with Crippen LogP contribution in [0.1, 0.15) is 12.7 Å². The molecular weight excluding hydrogens is 374 g/mol. The SMILES string of the molecule is COc1ccc(Oc2cc(NC(C)C(=O)Nc3cc(C)on3)ccc2OC)cc1. The summed E-state index contributed by atoms with van der Waals surface area (Å²) in [7, 11) is 3.18. The molecule has 0 saturated heterocycles. The molecule has 2 N–H and O–H groups in total. The zero-order valence-corrected chi connectivity index (χ0v) is 16.7. The standard InChI is InChI=1S/C21H23N3O5/c1-13-11-20(24-29-13)23-21(25)14(2)22-15-5-10-18(27-4)19(12-15)28-17-8-6-16(26-3)7-9-17/h5-12,14,22H,1-4H3,(H,23,24,25). The fourth-order valence-corrected chi connectivity index (χ4v) is 2.59. The number of nitrogens with zero attached hydrogens (tertiary/aromatic N) is 1. The average Bonchev–Trinajstić information content (AvgIpc) is 3.13. The Hall–Kier alpha value is -3.68. The molecule has 152 valence electrons. The molecule has 1 amide bonds. The fraction of sp³-hybridized carbons (Fsp3) is 0.238. The molecule has 8 heteroatoms. The van der Waals surface area contributed by atoms with Crippen molar-refractivity contribution >= 4 is 17.4 Å². The first kappa shape index (κ1) is 20.1. The summed E-state index contributed by atoms with van der Waals surface area (Å²) in [5.41, 5.74) is 0.702. The van der Waals surface area contributed by atoms with E-state index in [9.17, 15) is 4.79 Å². The normalized spacial score (nSPS) is 11.4. The second kappa shape index (κ2) is 9.01. The highest BCUT2D eigenvalue weighted by molar-refractivity contribution is 5.95. The van der Waals surface area contributed by atoms with Gasteiger partial charge in [0.15, 0.2) is 17.3 Å². The number of aromatic nitrogens is 1. The minimum absolute atomic E-state index is 0.244. The van der Waals surface area contributed by atoms with E-state index in [1.54, 1.807) is 58.4 Å². The van der Waals surface area contributed by atoms with Crippen LogP contribution in [0.4, 0.5) is 11.5 Å². The summed E-state index contributed by atoms with van der Waals surface area (Å²) in [6.07, 6.45) is 0. The molecule has 29 heavy (non-hydrogen) atoms. The fourth-order valence-electron chi connectivity index (χ4n) is 2.59. The maximum absolute atomic E-state index is 12.4. The highest BCUT2D eigenvalue weighted by atomic mass is 16.5. The predicted molar refractivity (Wildman–Crippen MR) is 109 cm³/mol. The van der Waals surface area contributed by atoms with Crippen molar-refractivity contribution in [3.05, 3.63) is 54.3 Å². The largest absolute Gasteiger partial charge is 0.497 e. The molecule has 0 aliphatic heterocycles. The van der Waals surface area contributed by atoms with Gasteiger partial charge in [-0.15, -0.1) is 0 Å². The first-order valence-corrected chi connectivity index (χ1v) is 8.99. The van der Waals surface area contributed by atoms with E-state index in [2.05, 4.69) is 15.8 Å². The number of benzene rings is 2. The van der Waals surface area contributed by atoms with Gasteiger partial charge in [0.1, 0.15) is 23.3 Å². The van der Waals surface area contributed by atoms with E-state index in [1.807, 2.05) is 18.2 Å². The van der Waals surface area contributed by atoms with Crippen molar-refractivity contribution in [3.8, 4) is 23.0 Å². The highest BCUT2D eigenvalue weighted by Crippen LogP contribution is 2.34. The number of hydrogen-bond acceptors (Lipinski definition) is 7. The number of anilines is 2. The Kier molecular flexibility index (Phi) is 6.23. The van der Waals surface area contributed by atoms with Gasteiger partial charge in [-0.25, -0.2) is 0 Å². The molecule has 1 aromatic heterocycles. The third-order valence-corrected chi connectivity index (χ3v) is 4.11. The van der Waals surface area contributed by atoms with Crippen LogP contribution in [-0.4, -0.2) is 31.3 Å². The van der Waals surface area contributed by atoms with Gasteiger partial charge in [0.2, 0.25) is 5.91 Å². The van der Waals surface area contributed by atoms with Crippen LogP contribution in [0.2, 0.25) is 0 Å². The number of rotatable bonds is 8. The first-order chi connectivity index (χ1) is 14.0. The average molecular weight is 397 g/mol. The van der Waals surface area contributed by atoms with Crippen LogP contribution in [0.3, 0.4) is 0 Å². The highest BCUT2D eigenvalue weighted by Gasteiger charge is 2.16. The summed E-state index contributed by atoms with van der Waals surface area (Å²) in [6.45, 7) is 3.50. The van der Waals surface area contributed by atoms with Gasteiger partial charge in [0.25, 0.3) is 0 Å². The van der Waals surface area contributed by atoms with Gasteiger partial charge in [-0.05, 0) is 50.2 Å². The Bertz CT molecular complexity index is 969. The van der Waals surface area contributed by atoms with Gasteiger partial charge in [-0.2, -0.15) is 0 Å². The monoisotopic (exact) mass is 397 g/mol. The van der Waals surface area contributed by atoms with E-state index >= 15 is 0 Å². The number of carbonyl (C=O) groups excluding carboxylic acids is 1. The van der Waals surface area contributed by atoms with Gasteiger partial charge in [-0.1, -0.05) is 5.16 Å². The minimum Gasteiger partial charge on any atom is -0.497 e. The second-order valence-electron chi connectivity index (χ2n) is 6.32. The Morgan fingerprint density at radius 2 is 1.72 bits per heavy atom. The van der Waals surface area contributed by atoms with Gasteiger partial charge in [0, 0.05) is 17.8 Å². The van der Waals surface area contributed by atoms with Crippen molar-refractivity contribution in [1.29, 1.82) is 0 Å². The Labute approximate surface area is 168 Å². The lowest BCUT2D eigenvalue weighted by atomic mass is 10.2. The lowest BCUT2D eigenvalue weighted by Gasteiger charge is -2.17. The first-order valence-electron chi connectivity index (χ1n) is 8.99. The molecule has 3 aromatic rings. The number of carbonyl (C=O) groups is 1. The van der Waals surface area contributed by atoms with Gasteiger partial charge >= 0.3 is 0 Å². The van der Waals surface area contributed by atoms with E-state index in [1.165, 1.54) is 0 Å². The van der Waals surface area contributed by atoms with Crippen molar-refractivity contribution in [2.45, 2.75) is 19.9 Å². The molecule has 1 heterocycles. The maximum Gasteiger partial charge on any atom is 0.247 e.